The predicted octanol–water partition coefficient (Wildman–Crippen LogP) is 7.66. The summed E-state index contributed by atoms with van der Waals surface area (Å²) in [7, 11) is -9.01. The van der Waals surface area contributed by atoms with Crippen LogP contribution >= 0.6 is 33.4 Å². The average Bonchev–Trinajstić information content (AvgIpc) is 3.52. The molecule has 0 radical (unpaired) electrons. The summed E-state index contributed by atoms with van der Waals surface area (Å²) < 4.78 is 87.0. The van der Waals surface area contributed by atoms with Crippen LogP contribution in [0.4, 0.5) is 29.6 Å². The monoisotopic (exact) mass is 584 g/mol. The quantitative estimate of drug-likeness (QED) is 0.228. The van der Waals surface area contributed by atoms with Gasteiger partial charge in [-0.25, -0.2) is 9.07 Å². The Morgan fingerprint density at radius 3 is 2.27 bits per heavy atom. The maximum atomic E-state index is 14.3. The molecule has 1 aliphatic rings. The van der Waals surface area contributed by atoms with Gasteiger partial charge in [0, 0.05) is 12.1 Å². The van der Waals surface area contributed by atoms with Crippen molar-refractivity contribution in [3.63, 3.8) is 0 Å². The first kappa shape index (κ1) is 27.0. The fraction of sp³-hybridized carbons (Fsp3) is 0.227. The normalized spacial score (nSPS) is 16.3. The van der Waals surface area contributed by atoms with Crippen LogP contribution in [0.15, 0.2) is 41.3 Å². The summed E-state index contributed by atoms with van der Waals surface area (Å²) in [6.07, 6.45) is 0.498. The van der Waals surface area contributed by atoms with Crippen molar-refractivity contribution < 1.29 is 33.4 Å². The molecule has 4 rings (SSSR count). The largest absolute Gasteiger partial charge is 0.468 e. The van der Waals surface area contributed by atoms with Crippen LogP contribution in [0.25, 0.3) is 5.69 Å². The summed E-state index contributed by atoms with van der Waals surface area (Å²) in [5, 5.41) is 15.0. The van der Waals surface area contributed by atoms with Gasteiger partial charge in [-0.1, -0.05) is 60.8 Å². The maximum absolute atomic E-state index is 14.3. The van der Waals surface area contributed by atoms with E-state index in [9.17, 15) is 33.9 Å². The molecule has 1 fully saturated rings. The molecule has 1 aromatic heterocycles. The molecule has 0 spiro atoms. The third-order valence-electron chi connectivity index (χ3n) is 5.85. The molecule has 0 aliphatic heterocycles. The molecule has 198 valence electrons. The Hall–Kier alpha value is -3.08. The summed E-state index contributed by atoms with van der Waals surface area (Å²) in [5.74, 6) is -1.41. The molecule has 2 aromatic carbocycles. The number of nitrogens with one attached hydrogen (secondary N) is 1. The number of nitriles is 1. The Kier molecular flexibility index (Phi) is 5.98. The molecule has 15 heteroatoms. The van der Waals surface area contributed by atoms with Crippen LogP contribution in [0.2, 0.25) is 10.0 Å². The lowest BCUT2D eigenvalue weighted by molar-refractivity contribution is -0.143. The number of halogens is 8. The summed E-state index contributed by atoms with van der Waals surface area (Å²) in [5.41, 5.74) is -1.91. The van der Waals surface area contributed by atoms with E-state index in [0.29, 0.717) is 0 Å². The minimum atomic E-state index is -10.1. The van der Waals surface area contributed by atoms with Crippen LogP contribution in [-0.4, -0.2) is 22.9 Å². The zero-order chi connectivity index (χ0) is 27.5. The minimum absolute atomic E-state index is 0.00552. The van der Waals surface area contributed by atoms with Gasteiger partial charge in [-0.2, -0.15) is 10.4 Å². The van der Waals surface area contributed by atoms with Crippen molar-refractivity contribution in [2.75, 3.05) is 12.4 Å². The molecule has 1 saturated carbocycles. The fourth-order valence-corrected chi connectivity index (χ4v) is 5.40. The number of hydrogen-bond acceptors (Lipinski definition) is 5. The van der Waals surface area contributed by atoms with E-state index in [4.69, 9.17) is 27.9 Å². The first-order chi connectivity index (χ1) is 17.0. The molecule has 0 unspecified atom stereocenters. The highest BCUT2D eigenvalue weighted by atomic mass is 35.5. The molecular formula is C22H16Cl2F6N4O2S. The van der Waals surface area contributed by atoms with Crippen molar-refractivity contribution in [1.29, 1.82) is 5.26 Å². The van der Waals surface area contributed by atoms with Gasteiger partial charge in [-0.15, -0.1) is 0 Å². The van der Waals surface area contributed by atoms with E-state index >= 15 is 0 Å². The molecular weight excluding hydrogens is 569 g/mol. The summed E-state index contributed by atoms with van der Waals surface area (Å²) in [6, 6.07) is 7.48. The number of benzene rings is 2. The summed E-state index contributed by atoms with van der Waals surface area (Å²) >= 11 is 12.0. The number of esters is 1. The molecule has 1 aliphatic carbocycles. The van der Waals surface area contributed by atoms with Gasteiger partial charge in [0.1, 0.15) is 28.3 Å². The molecule has 3 aromatic rings. The lowest BCUT2D eigenvalue weighted by atomic mass is 9.95. The summed E-state index contributed by atoms with van der Waals surface area (Å²) in [4.78, 5) is 10.3. The molecule has 0 amide bonds. The number of carbonyl (C=O) groups is 1. The van der Waals surface area contributed by atoms with E-state index in [1.807, 2.05) is 6.07 Å². The molecule has 1 N–H and O–H groups in total. The maximum Gasteiger partial charge on any atom is 0.316 e. The lowest BCUT2D eigenvalue weighted by Crippen LogP contribution is -2.24. The van der Waals surface area contributed by atoms with E-state index in [0.717, 1.165) is 11.8 Å². The number of nitrogens with zero attached hydrogens (tertiary/aromatic N) is 3. The highest BCUT2D eigenvalue weighted by Crippen LogP contribution is 3.02. The van der Waals surface area contributed by atoms with Gasteiger partial charge >= 0.3 is 16.2 Å². The number of anilines is 1. The van der Waals surface area contributed by atoms with Crippen LogP contribution < -0.4 is 5.32 Å². The highest BCUT2D eigenvalue weighted by molar-refractivity contribution is 8.45. The zero-order valence-electron chi connectivity index (χ0n) is 18.7. The van der Waals surface area contributed by atoms with Crippen LogP contribution in [-0.2, 0) is 21.5 Å². The highest BCUT2D eigenvalue weighted by Gasteiger charge is 2.65. The average molecular weight is 585 g/mol. The Morgan fingerprint density at radius 1 is 1.19 bits per heavy atom. The Balaban J connectivity index is 1.95. The van der Waals surface area contributed by atoms with E-state index in [2.05, 4.69) is 10.4 Å². The second kappa shape index (κ2) is 8.21. The molecule has 1 heterocycles. The van der Waals surface area contributed by atoms with E-state index in [-0.39, 0.29) is 54.2 Å². The van der Waals surface area contributed by atoms with Crippen LogP contribution in [0.5, 0.6) is 0 Å². The van der Waals surface area contributed by atoms with Crippen LogP contribution in [0, 0.1) is 17.1 Å². The number of ether oxygens (including phenoxy) is 1. The van der Waals surface area contributed by atoms with Crippen LogP contribution in [0.3, 0.4) is 0 Å². The predicted molar refractivity (Wildman–Crippen MR) is 126 cm³/mol. The molecule has 0 bridgehead atoms. The van der Waals surface area contributed by atoms with Crippen molar-refractivity contribution in [2.45, 2.75) is 29.7 Å². The van der Waals surface area contributed by atoms with Gasteiger partial charge in [0.05, 0.1) is 28.1 Å². The number of aromatic nitrogens is 2. The molecule has 0 atom stereocenters. The van der Waals surface area contributed by atoms with Crippen molar-refractivity contribution in [3.05, 3.63) is 69.1 Å². The van der Waals surface area contributed by atoms with Gasteiger partial charge < -0.3 is 10.1 Å². The topological polar surface area (TPSA) is 79.9 Å². The van der Waals surface area contributed by atoms with Gasteiger partial charge in [0.25, 0.3) is 0 Å². The van der Waals surface area contributed by atoms with Crippen molar-refractivity contribution in [1.82, 2.24) is 9.78 Å². The third-order valence-corrected chi connectivity index (χ3v) is 7.55. The first-order valence-corrected chi connectivity index (χ1v) is 13.1. The first-order valence-electron chi connectivity index (χ1n) is 10.3. The van der Waals surface area contributed by atoms with E-state index in [1.54, 1.807) is 6.07 Å². The van der Waals surface area contributed by atoms with Crippen molar-refractivity contribution in [3.8, 4) is 11.8 Å². The fourth-order valence-electron chi connectivity index (χ4n) is 3.94. The summed E-state index contributed by atoms with van der Waals surface area (Å²) in [6.45, 7) is -0.216. The van der Waals surface area contributed by atoms with Crippen LogP contribution in [0.1, 0.15) is 29.7 Å². The van der Waals surface area contributed by atoms with E-state index in [1.165, 1.54) is 18.2 Å². The van der Waals surface area contributed by atoms with E-state index < -0.39 is 48.1 Å². The Bertz CT molecular complexity index is 1460. The Morgan fingerprint density at radius 2 is 1.78 bits per heavy atom. The van der Waals surface area contributed by atoms with Gasteiger partial charge in [-0.05, 0) is 31.0 Å². The van der Waals surface area contributed by atoms with Crippen molar-refractivity contribution >= 4 is 45.2 Å². The number of carbonyl (C=O) groups excluding carboxylic acids is 1. The third kappa shape index (κ3) is 4.93. The standard InChI is InChI=1S/C22H16Cl2F6N4O2S/c1-36-21(35)22(6-7-22)18-17(10-31)33-34(20(18)32-11-12-4-2-3-5-16(12)25)19-14(23)8-13(9-15(19)24)37(26,27,28,29)30/h2-5,8-9,32H,6-7,11H2,1H3. The second-order valence-corrected chi connectivity index (χ2v) is 11.5. The lowest BCUT2D eigenvalue weighted by Gasteiger charge is -2.40. The number of rotatable bonds is 7. The molecule has 6 nitrogen and oxygen atoms in total. The molecule has 37 heavy (non-hydrogen) atoms. The molecule has 0 saturated heterocycles. The van der Waals surface area contributed by atoms with Crippen molar-refractivity contribution in [2.24, 2.45) is 0 Å². The van der Waals surface area contributed by atoms with Gasteiger partial charge in [0.15, 0.2) is 5.69 Å². The van der Waals surface area contributed by atoms with Gasteiger partial charge in [0.2, 0.25) is 0 Å². The van der Waals surface area contributed by atoms with Gasteiger partial charge in [-0.3, -0.25) is 4.79 Å². The Labute approximate surface area is 216 Å². The number of methoxy groups -OCH3 is 1. The smallest absolute Gasteiger partial charge is 0.316 e. The minimum Gasteiger partial charge on any atom is -0.468 e. The second-order valence-electron chi connectivity index (χ2n) is 8.32. The SMILES string of the molecule is COC(=O)C1(c2c(C#N)nn(-c3c(Cl)cc(S(F)(F)(F)(F)F)cc3Cl)c2NCc2ccccc2F)CC1. The zero-order valence-corrected chi connectivity index (χ0v) is 21.0. The number of hydrogen-bond donors (Lipinski definition) is 1.